The molecule has 12 rings (SSSR count). The molecule has 0 N–H and O–H groups in total. The maximum absolute atomic E-state index is 6.61. The molecule has 1 aliphatic heterocycles. The van der Waals surface area contributed by atoms with Gasteiger partial charge in [-0.2, -0.15) is 4.98 Å². The fourth-order valence-electron chi connectivity index (χ4n) is 8.36. The Morgan fingerprint density at radius 1 is 0.421 bits per heavy atom. The lowest BCUT2D eigenvalue weighted by Gasteiger charge is -2.20. The van der Waals surface area contributed by atoms with Crippen LogP contribution >= 0.6 is 0 Å². The lowest BCUT2D eigenvalue weighted by Crippen LogP contribution is -2.03. The van der Waals surface area contributed by atoms with Crippen molar-refractivity contribution >= 4 is 43.9 Å². The van der Waals surface area contributed by atoms with Crippen LogP contribution in [0.3, 0.4) is 0 Å². The van der Waals surface area contributed by atoms with Gasteiger partial charge in [-0.25, -0.2) is 9.97 Å². The number of ether oxygens (including phenoxy) is 1. The van der Waals surface area contributed by atoms with E-state index in [0.29, 0.717) is 11.5 Å². The molecule has 1 aliphatic rings. The SMILES string of the molecule is c1ccc(-c2cc(-c3nc(-c4ccccc4)nc4oc5ccc(-c6ccc7c(c6)c6cccc8c6n7-c6ccccc6O8)cc5c34)cc(-c3ccccc3)n2)cc1. The van der Waals surface area contributed by atoms with Gasteiger partial charge in [0.1, 0.15) is 5.58 Å². The van der Waals surface area contributed by atoms with Gasteiger partial charge in [0.25, 0.3) is 0 Å². The van der Waals surface area contributed by atoms with Crippen LogP contribution in [0.1, 0.15) is 0 Å². The molecule has 4 aromatic heterocycles. The molecule has 0 aliphatic carbocycles. The third-order valence-electron chi connectivity index (χ3n) is 11.0. The number of hydrogen-bond donors (Lipinski definition) is 0. The molecule has 0 bridgehead atoms. The summed E-state index contributed by atoms with van der Waals surface area (Å²) in [6.45, 7) is 0. The number of benzene rings is 7. The van der Waals surface area contributed by atoms with Crippen molar-refractivity contribution in [3.8, 4) is 73.5 Å². The smallest absolute Gasteiger partial charge is 0.231 e. The van der Waals surface area contributed by atoms with Gasteiger partial charge in [-0.15, -0.1) is 0 Å². The predicted octanol–water partition coefficient (Wildman–Crippen LogP) is 13.3. The molecule has 0 amide bonds. The van der Waals surface area contributed by atoms with Crippen LogP contribution in [0.5, 0.6) is 11.5 Å². The van der Waals surface area contributed by atoms with Gasteiger partial charge in [-0.3, -0.25) is 0 Å². The molecule has 7 aromatic carbocycles. The van der Waals surface area contributed by atoms with Gasteiger partial charge in [0.05, 0.1) is 39.2 Å². The van der Waals surface area contributed by atoms with Crippen LogP contribution in [0.25, 0.3) is 106 Å². The summed E-state index contributed by atoms with van der Waals surface area (Å²) in [5.74, 6) is 2.31. The molecule has 11 aromatic rings. The fourth-order valence-corrected chi connectivity index (χ4v) is 8.36. The summed E-state index contributed by atoms with van der Waals surface area (Å²) in [5.41, 5.74) is 13.1. The maximum Gasteiger partial charge on any atom is 0.231 e. The number of pyridine rings is 1. The van der Waals surface area contributed by atoms with E-state index in [2.05, 4.69) is 102 Å². The highest BCUT2D eigenvalue weighted by atomic mass is 16.5. The molecule has 0 spiro atoms. The minimum atomic E-state index is 0.536. The normalized spacial score (nSPS) is 12.0. The minimum Gasteiger partial charge on any atom is -0.453 e. The summed E-state index contributed by atoms with van der Waals surface area (Å²) in [6, 6.07) is 62.6. The Bertz CT molecular complexity index is 3310. The summed E-state index contributed by atoms with van der Waals surface area (Å²) < 4.78 is 15.3. The molecule has 0 fully saturated rings. The van der Waals surface area contributed by atoms with E-state index in [4.69, 9.17) is 24.1 Å². The summed E-state index contributed by atoms with van der Waals surface area (Å²) >= 11 is 0. The van der Waals surface area contributed by atoms with E-state index in [1.807, 2.05) is 84.9 Å². The first-order chi connectivity index (χ1) is 28.2. The lowest BCUT2D eigenvalue weighted by molar-refractivity contribution is 0.476. The van der Waals surface area contributed by atoms with Crippen LogP contribution in [-0.2, 0) is 0 Å². The quantitative estimate of drug-likeness (QED) is 0.176. The van der Waals surface area contributed by atoms with E-state index in [0.717, 1.165) is 106 Å². The molecule has 0 unspecified atom stereocenters. The molecule has 0 saturated carbocycles. The number of para-hydroxylation sites is 3. The Hall–Kier alpha value is -7.83. The van der Waals surface area contributed by atoms with Crippen molar-refractivity contribution in [2.24, 2.45) is 0 Å². The molecular formula is C51H30N4O2. The predicted molar refractivity (Wildman–Crippen MR) is 229 cm³/mol. The van der Waals surface area contributed by atoms with Crippen molar-refractivity contribution in [3.63, 3.8) is 0 Å². The highest BCUT2D eigenvalue weighted by Crippen LogP contribution is 2.46. The first-order valence-electron chi connectivity index (χ1n) is 19.0. The Balaban J connectivity index is 1.09. The second kappa shape index (κ2) is 12.3. The van der Waals surface area contributed by atoms with Gasteiger partial charge in [-0.05, 0) is 65.7 Å². The average Bonchev–Trinajstić information content (AvgIpc) is 3.83. The fraction of sp³-hybridized carbons (Fsp3) is 0. The minimum absolute atomic E-state index is 0.536. The zero-order valence-electron chi connectivity index (χ0n) is 30.4. The van der Waals surface area contributed by atoms with Crippen LogP contribution in [0, 0.1) is 0 Å². The zero-order chi connectivity index (χ0) is 37.5. The monoisotopic (exact) mass is 730 g/mol. The molecule has 6 nitrogen and oxygen atoms in total. The van der Waals surface area contributed by atoms with Crippen molar-refractivity contribution in [2.75, 3.05) is 0 Å². The van der Waals surface area contributed by atoms with E-state index >= 15 is 0 Å². The van der Waals surface area contributed by atoms with Crippen molar-refractivity contribution in [2.45, 2.75) is 0 Å². The topological polar surface area (TPSA) is 66.0 Å². The van der Waals surface area contributed by atoms with Gasteiger partial charge in [0.15, 0.2) is 17.3 Å². The van der Waals surface area contributed by atoms with Gasteiger partial charge in [-0.1, -0.05) is 127 Å². The van der Waals surface area contributed by atoms with Crippen molar-refractivity contribution in [1.82, 2.24) is 19.5 Å². The number of nitrogens with zero attached hydrogens (tertiary/aromatic N) is 4. The Morgan fingerprint density at radius 2 is 1.05 bits per heavy atom. The second-order valence-corrected chi connectivity index (χ2v) is 14.4. The number of hydrogen-bond acceptors (Lipinski definition) is 5. The average molecular weight is 731 g/mol. The van der Waals surface area contributed by atoms with Gasteiger partial charge < -0.3 is 13.7 Å². The van der Waals surface area contributed by atoms with Crippen LogP contribution < -0.4 is 4.74 Å². The van der Waals surface area contributed by atoms with Gasteiger partial charge in [0.2, 0.25) is 5.71 Å². The van der Waals surface area contributed by atoms with E-state index in [9.17, 15) is 0 Å². The molecule has 0 atom stereocenters. The second-order valence-electron chi connectivity index (χ2n) is 14.4. The van der Waals surface area contributed by atoms with Crippen LogP contribution in [0.15, 0.2) is 186 Å². The van der Waals surface area contributed by atoms with Crippen molar-refractivity contribution in [3.05, 3.63) is 182 Å². The number of furan rings is 1. The largest absolute Gasteiger partial charge is 0.453 e. The van der Waals surface area contributed by atoms with Gasteiger partial charge >= 0.3 is 0 Å². The van der Waals surface area contributed by atoms with E-state index in [-0.39, 0.29) is 0 Å². The van der Waals surface area contributed by atoms with Crippen molar-refractivity contribution in [1.29, 1.82) is 0 Å². The van der Waals surface area contributed by atoms with Crippen molar-refractivity contribution < 1.29 is 9.15 Å². The van der Waals surface area contributed by atoms with Crippen LogP contribution in [0.2, 0.25) is 0 Å². The number of rotatable bonds is 5. The Kier molecular flexibility index (Phi) is 6.83. The molecule has 0 saturated heterocycles. The van der Waals surface area contributed by atoms with E-state index in [1.54, 1.807) is 0 Å². The summed E-state index contributed by atoms with van der Waals surface area (Å²) in [7, 11) is 0. The molecule has 57 heavy (non-hydrogen) atoms. The lowest BCUT2D eigenvalue weighted by atomic mass is 9.98. The standard InChI is InChI=1S/C51H30N4O2/c1-4-13-31(14-5-1)40-29-36(30-41(52-40)32-15-6-2-7-16-32)48-47-39-28-35(24-26-44(39)57-51(47)54-50(53-48)33-17-8-3-9-18-33)34-23-25-42-38(27-34)37-19-12-22-46-49(37)55(42)43-20-10-11-21-45(43)56-46/h1-30H. The van der Waals surface area contributed by atoms with Crippen LogP contribution in [0.4, 0.5) is 0 Å². The third-order valence-corrected chi connectivity index (χ3v) is 11.0. The molecular weight excluding hydrogens is 701 g/mol. The number of fused-ring (bicyclic) bond motifs is 8. The first kappa shape index (κ1) is 31.5. The van der Waals surface area contributed by atoms with Crippen LogP contribution in [-0.4, -0.2) is 19.5 Å². The summed E-state index contributed by atoms with van der Waals surface area (Å²) in [5, 5.41) is 4.12. The molecule has 0 radical (unpaired) electrons. The Labute approximate surface area is 326 Å². The third kappa shape index (κ3) is 5.01. The highest BCUT2D eigenvalue weighted by Gasteiger charge is 2.24. The molecule has 266 valence electrons. The number of aromatic nitrogens is 4. The zero-order valence-corrected chi connectivity index (χ0v) is 30.4. The first-order valence-corrected chi connectivity index (χ1v) is 19.0. The molecule has 6 heteroatoms. The Morgan fingerprint density at radius 3 is 1.79 bits per heavy atom. The van der Waals surface area contributed by atoms with E-state index in [1.165, 1.54) is 0 Å². The molecule has 5 heterocycles. The highest BCUT2D eigenvalue weighted by molar-refractivity contribution is 6.14. The summed E-state index contributed by atoms with van der Waals surface area (Å²) in [4.78, 5) is 15.5. The maximum atomic E-state index is 6.61. The van der Waals surface area contributed by atoms with E-state index < -0.39 is 0 Å². The van der Waals surface area contributed by atoms with Gasteiger partial charge in [0, 0.05) is 38.4 Å². The summed E-state index contributed by atoms with van der Waals surface area (Å²) in [6.07, 6.45) is 0.